The Hall–Kier alpha value is -2.54. The molecule has 2 N–H and O–H groups in total. The summed E-state index contributed by atoms with van der Waals surface area (Å²) in [7, 11) is 0. The lowest BCUT2D eigenvalue weighted by atomic mass is 10.1. The van der Waals surface area contributed by atoms with E-state index in [9.17, 15) is 22.8 Å². The second kappa shape index (κ2) is 8.02. The molecule has 0 aromatic heterocycles. The molecule has 0 atom stereocenters. The number of nitrogens with one attached hydrogen (secondary N) is 2. The number of anilines is 1. The third-order valence-electron chi connectivity index (χ3n) is 3.17. The van der Waals surface area contributed by atoms with Crippen molar-refractivity contribution in [2.45, 2.75) is 19.1 Å². The number of hydrogen-bond acceptors (Lipinski definition) is 2. The van der Waals surface area contributed by atoms with Crippen LogP contribution in [-0.4, -0.2) is 18.0 Å². The van der Waals surface area contributed by atoms with Gasteiger partial charge in [0.1, 0.15) is 0 Å². The molecule has 2 rings (SSSR count). The van der Waals surface area contributed by atoms with Crippen molar-refractivity contribution in [3.05, 3.63) is 64.7 Å². The number of alkyl halides is 3. The van der Waals surface area contributed by atoms with Crippen LogP contribution >= 0.6 is 11.6 Å². The van der Waals surface area contributed by atoms with E-state index in [4.69, 9.17) is 11.6 Å². The Morgan fingerprint density at radius 3 is 2.36 bits per heavy atom. The molecular formula is C17H14ClF3N2O2. The molecule has 0 aliphatic heterocycles. The van der Waals surface area contributed by atoms with Gasteiger partial charge in [-0.15, -0.1) is 0 Å². The number of benzene rings is 2. The lowest BCUT2D eigenvalue weighted by Crippen LogP contribution is -2.36. The summed E-state index contributed by atoms with van der Waals surface area (Å²) >= 11 is 5.86. The van der Waals surface area contributed by atoms with Gasteiger partial charge in [0.15, 0.2) is 0 Å². The Kier molecular flexibility index (Phi) is 6.03. The average Bonchev–Trinajstić information content (AvgIpc) is 2.52. The summed E-state index contributed by atoms with van der Waals surface area (Å²) in [5.41, 5.74) is 1.59. The van der Waals surface area contributed by atoms with Crippen LogP contribution in [0.1, 0.15) is 11.1 Å². The van der Waals surface area contributed by atoms with Gasteiger partial charge in [-0.3, -0.25) is 9.59 Å². The summed E-state index contributed by atoms with van der Waals surface area (Å²) in [5, 5.41) is 4.95. The van der Waals surface area contributed by atoms with Crippen molar-refractivity contribution in [1.29, 1.82) is 0 Å². The highest BCUT2D eigenvalue weighted by atomic mass is 35.5. The molecule has 0 saturated heterocycles. The Bertz CT molecular complexity index is 778. The summed E-state index contributed by atoms with van der Waals surface area (Å²) in [5.74, 6) is -2.30. The molecule has 132 valence electrons. The third-order valence-corrected chi connectivity index (χ3v) is 3.41. The van der Waals surface area contributed by atoms with Crippen LogP contribution in [0.5, 0.6) is 0 Å². The van der Waals surface area contributed by atoms with Crippen LogP contribution in [0.25, 0.3) is 0 Å². The second-order valence-electron chi connectivity index (χ2n) is 5.24. The standard InChI is InChI=1S/C17H14ClF3N2O2/c18-13-5-1-3-11(7-13)9-15(24)23-14-6-2-4-12(8-14)10-22-16(25)17(19,20)21/h1-8H,9-10H2,(H,22,25)(H,23,24). The summed E-state index contributed by atoms with van der Waals surface area (Å²) in [6.45, 7) is -0.295. The molecule has 0 fully saturated rings. The molecule has 0 unspecified atom stereocenters. The summed E-state index contributed by atoms with van der Waals surface area (Å²) in [6, 6.07) is 13.1. The van der Waals surface area contributed by atoms with Crippen molar-refractivity contribution in [2.75, 3.05) is 5.32 Å². The Labute approximate surface area is 147 Å². The molecule has 0 aliphatic carbocycles. The SMILES string of the molecule is O=C(Cc1cccc(Cl)c1)Nc1cccc(CNC(=O)C(F)(F)F)c1. The minimum atomic E-state index is -4.93. The minimum Gasteiger partial charge on any atom is -0.344 e. The zero-order valence-corrected chi connectivity index (χ0v) is 13.6. The van der Waals surface area contributed by atoms with E-state index in [-0.39, 0.29) is 18.9 Å². The number of rotatable bonds is 5. The third kappa shape index (κ3) is 6.11. The van der Waals surface area contributed by atoms with Gasteiger partial charge >= 0.3 is 12.1 Å². The molecule has 25 heavy (non-hydrogen) atoms. The largest absolute Gasteiger partial charge is 0.471 e. The number of amides is 2. The van der Waals surface area contributed by atoms with Crippen molar-refractivity contribution in [3.63, 3.8) is 0 Å². The highest BCUT2D eigenvalue weighted by molar-refractivity contribution is 6.30. The van der Waals surface area contributed by atoms with E-state index in [1.807, 2.05) is 0 Å². The van der Waals surface area contributed by atoms with Gasteiger partial charge in [-0.05, 0) is 35.4 Å². The molecule has 0 saturated carbocycles. The molecule has 2 aromatic carbocycles. The van der Waals surface area contributed by atoms with E-state index >= 15 is 0 Å². The molecule has 0 bridgehead atoms. The lowest BCUT2D eigenvalue weighted by molar-refractivity contribution is -0.173. The second-order valence-corrected chi connectivity index (χ2v) is 5.67. The summed E-state index contributed by atoms with van der Waals surface area (Å²) < 4.78 is 36.5. The first-order valence-corrected chi connectivity index (χ1v) is 7.60. The highest BCUT2D eigenvalue weighted by Gasteiger charge is 2.38. The highest BCUT2D eigenvalue weighted by Crippen LogP contribution is 2.16. The molecule has 0 spiro atoms. The quantitative estimate of drug-likeness (QED) is 0.843. The first kappa shape index (κ1) is 18.8. The van der Waals surface area contributed by atoms with Gasteiger partial charge in [0.2, 0.25) is 5.91 Å². The number of halogens is 4. The Morgan fingerprint density at radius 1 is 1.00 bits per heavy atom. The van der Waals surface area contributed by atoms with E-state index in [2.05, 4.69) is 5.32 Å². The van der Waals surface area contributed by atoms with Gasteiger partial charge in [-0.1, -0.05) is 35.9 Å². The van der Waals surface area contributed by atoms with Gasteiger partial charge in [0, 0.05) is 17.3 Å². The van der Waals surface area contributed by atoms with Crippen molar-refractivity contribution in [1.82, 2.24) is 5.32 Å². The van der Waals surface area contributed by atoms with Crippen LogP contribution in [0.2, 0.25) is 5.02 Å². The molecular weight excluding hydrogens is 357 g/mol. The van der Waals surface area contributed by atoms with Crippen LogP contribution < -0.4 is 10.6 Å². The number of carbonyl (C=O) groups is 2. The van der Waals surface area contributed by atoms with Crippen molar-refractivity contribution >= 4 is 29.1 Å². The monoisotopic (exact) mass is 370 g/mol. The fourth-order valence-electron chi connectivity index (χ4n) is 2.08. The van der Waals surface area contributed by atoms with E-state index < -0.39 is 12.1 Å². The van der Waals surface area contributed by atoms with Crippen LogP contribution in [0.3, 0.4) is 0 Å². The van der Waals surface area contributed by atoms with Gasteiger partial charge < -0.3 is 10.6 Å². The van der Waals surface area contributed by atoms with Crippen LogP contribution in [0.15, 0.2) is 48.5 Å². The van der Waals surface area contributed by atoms with Gasteiger partial charge in [-0.2, -0.15) is 13.2 Å². The van der Waals surface area contributed by atoms with Crippen LogP contribution in [0, 0.1) is 0 Å². The summed E-state index contributed by atoms with van der Waals surface area (Å²) in [4.78, 5) is 22.8. The van der Waals surface area contributed by atoms with E-state index in [1.165, 1.54) is 6.07 Å². The van der Waals surface area contributed by atoms with Gasteiger partial charge in [0.05, 0.1) is 6.42 Å². The maximum atomic E-state index is 12.2. The Morgan fingerprint density at radius 2 is 1.68 bits per heavy atom. The molecule has 2 amide bonds. The lowest BCUT2D eigenvalue weighted by Gasteiger charge is -2.10. The number of hydrogen-bond donors (Lipinski definition) is 2. The fraction of sp³-hybridized carbons (Fsp3) is 0.176. The summed E-state index contributed by atoms with van der Waals surface area (Å²) in [6.07, 6.45) is -4.82. The zero-order valence-electron chi connectivity index (χ0n) is 12.9. The molecule has 0 heterocycles. The maximum absolute atomic E-state index is 12.2. The fourth-order valence-corrected chi connectivity index (χ4v) is 2.29. The predicted molar refractivity (Wildman–Crippen MR) is 88.1 cm³/mol. The molecule has 0 aliphatic rings. The molecule has 8 heteroatoms. The first-order chi connectivity index (χ1) is 11.7. The van der Waals surface area contributed by atoms with E-state index in [0.717, 1.165) is 5.56 Å². The smallest absolute Gasteiger partial charge is 0.344 e. The van der Waals surface area contributed by atoms with E-state index in [0.29, 0.717) is 16.3 Å². The van der Waals surface area contributed by atoms with Gasteiger partial charge in [-0.25, -0.2) is 0 Å². The minimum absolute atomic E-state index is 0.107. The molecule has 0 radical (unpaired) electrons. The molecule has 4 nitrogen and oxygen atoms in total. The van der Waals surface area contributed by atoms with Crippen molar-refractivity contribution in [3.8, 4) is 0 Å². The van der Waals surface area contributed by atoms with Gasteiger partial charge in [0.25, 0.3) is 0 Å². The predicted octanol–water partition coefficient (Wildman–Crippen LogP) is 3.70. The molecule has 2 aromatic rings. The van der Waals surface area contributed by atoms with Crippen molar-refractivity contribution < 1.29 is 22.8 Å². The first-order valence-electron chi connectivity index (χ1n) is 7.22. The Balaban J connectivity index is 1.94. The van der Waals surface area contributed by atoms with Crippen LogP contribution in [0.4, 0.5) is 18.9 Å². The maximum Gasteiger partial charge on any atom is 0.471 e. The average molecular weight is 371 g/mol. The normalized spacial score (nSPS) is 11.0. The topological polar surface area (TPSA) is 58.2 Å². The van der Waals surface area contributed by atoms with Crippen molar-refractivity contribution in [2.24, 2.45) is 0 Å². The number of carbonyl (C=O) groups excluding carboxylic acids is 2. The zero-order chi connectivity index (χ0) is 18.4. The van der Waals surface area contributed by atoms with E-state index in [1.54, 1.807) is 47.8 Å². The van der Waals surface area contributed by atoms with Crippen LogP contribution in [-0.2, 0) is 22.6 Å².